The molecule has 2 unspecified atom stereocenters. The van der Waals surface area contributed by atoms with Gasteiger partial charge in [0.25, 0.3) is 0 Å². The van der Waals surface area contributed by atoms with Gasteiger partial charge in [0.1, 0.15) is 6.61 Å². The van der Waals surface area contributed by atoms with E-state index >= 15 is 0 Å². The van der Waals surface area contributed by atoms with Crippen LogP contribution in [0.4, 0.5) is 4.79 Å². The molecule has 2 atom stereocenters. The fourth-order valence-corrected chi connectivity index (χ4v) is 2.14. The molecular formula is C8H16INO4S. The van der Waals surface area contributed by atoms with Crippen LogP contribution in [0.2, 0.25) is 0 Å². The monoisotopic (exact) mass is 349 g/mol. The summed E-state index contributed by atoms with van der Waals surface area (Å²) in [5, 5.41) is 0. The molecule has 0 aromatic heterocycles. The minimum absolute atomic E-state index is 0.0229. The maximum atomic E-state index is 11.5. The van der Waals surface area contributed by atoms with E-state index in [2.05, 4.69) is 22.6 Å². The molecule has 1 N–H and O–H groups in total. The Morgan fingerprint density at radius 3 is 2.40 bits per heavy atom. The van der Waals surface area contributed by atoms with Gasteiger partial charge in [0, 0.05) is 6.04 Å². The molecule has 0 fully saturated rings. The first-order valence-corrected chi connectivity index (χ1v) is 7.05. The van der Waals surface area contributed by atoms with Crippen molar-refractivity contribution < 1.29 is 18.3 Å². The Labute approximate surface area is 106 Å². The summed E-state index contributed by atoms with van der Waals surface area (Å²) in [6, 6.07) is 0.0454. The summed E-state index contributed by atoms with van der Waals surface area (Å²) >= 11 is 0.202. The topological polar surface area (TPSA) is 66.8 Å². The summed E-state index contributed by atoms with van der Waals surface area (Å²) in [5.74, 6) is -0.0483. The average Bonchev–Trinajstić information content (AvgIpc) is 2.01. The number of amides is 1. The number of nitrogens with zero attached hydrogens (tertiary/aromatic N) is 1. The second-order valence-corrected chi connectivity index (χ2v) is 6.07. The highest BCUT2D eigenvalue weighted by Crippen LogP contribution is 2.13. The zero-order valence-corrected chi connectivity index (χ0v) is 11.9. The van der Waals surface area contributed by atoms with Crippen LogP contribution in [0.5, 0.6) is 0 Å². The maximum absolute atomic E-state index is 11.5. The number of alkyl halides is 1. The molecule has 0 aliphatic heterocycles. The number of carbonyl (C=O) groups excluding carboxylic acids is 1. The van der Waals surface area contributed by atoms with E-state index in [1.54, 1.807) is 4.90 Å². The first-order valence-electron chi connectivity index (χ1n) is 4.53. The molecule has 1 amide bonds. The van der Waals surface area contributed by atoms with Gasteiger partial charge in [0.2, 0.25) is 0 Å². The Balaban J connectivity index is 4.10. The largest absolute Gasteiger partial charge is 0.448 e. The summed E-state index contributed by atoms with van der Waals surface area (Å²) in [4.78, 5) is 13.1. The SMILES string of the molecule is CC(C)N(C(=O)OCCS(=O)O)C(C)I. The zero-order valence-electron chi connectivity index (χ0n) is 8.97. The third-order valence-electron chi connectivity index (χ3n) is 1.63. The standard InChI is InChI=1S/C8H16INO4S/c1-6(2)10(7(3)9)8(11)14-4-5-15(12)13/h6-7H,4-5H2,1-3H3,(H,12,13). The molecule has 5 nitrogen and oxygen atoms in total. The predicted octanol–water partition coefficient (Wildman–Crippen LogP) is 1.84. The number of hydrogen-bond donors (Lipinski definition) is 1. The second-order valence-electron chi connectivity index (χ2n) is 3.22. The number of carbonyl (C=O) groups is 1. The lowest BCUT2D eigenvalue weighted by atomic mass is 10.3. The highest BCUT2D eigenvalue weighted by molar-refractivity contribution is 14.1. The Morgan fingerprint density at radius 2 is 2.07 bits per heavy atom. The zero-order chi connectivity index (χ0) is 12.0. The Kier molecular flexibility index (Phi) is 7.45. The van der Waals surface area contributed by atoms with Crippen molar-refractivity contribution in [1.29, 1.82) is 0 Å². The number of rotatable bonds is 5. The molecule has 0 saturated carbocycles. The second kappa shape index (κ2) is 7.39. The van der Waals surface area contributed by atoms with E-state index in [4.69, 9.17) is 9.29 Å². The van der Waals surface area contributed by atoms with Crippen molar-refractivity contribution in [2.24, 2.45) is 0 Å². The van der Waals surface area contributed by atoms with Crippen molar-refractivity contribution in [2.45, 2.75) is 30.9 Å². The van der Waals surface area contributed by atoms with Crippen molar-refractivity contribution in [3.8, 4) is 0 Å². The van der Waals surface area contributed by atoms with Gasteiger partial charge in [-0.2, -0.15) is 0 Å². The van der Waals surface area contributed by atoms with Gasteiger partial charge in [0.05, 0.1) is 9.80 Å². The van der Waals surface area contributed by atoms with Crippen molar-refractivity contribution >= 4 is 39.8 Å². The molecule has 90 valence electrons. The lowest BCUT2D eigenvalue weighted by Gasteiger charge is -2.28. The Bertz CT molecular complexity index is 227. The lowest BCUT2D eigenvalue weighted by molar-refractivity contribution is 0.0964. The van der Waals surface area contributed by atoms with Crippen LogP contribution >= 0.6 is 22.6 Å². The third-order valence-corrected chi connectivity index (χ3v) is 2.75. The predicted molar refractivity (Wildman–Crippen MR) is 67.4 cm³/mol. The van der Waals surface area contributed by atoms with Gasteiger partial charge in [-0.15, -0.1) is 0 Å². The Hall–Kier alpha value is 0.110. The lowest BCUT2D eigenvalue weighted by Crippen LogP contribution is -2.41. The van der Waals surface area contributed by atoms with Crippen LogP contribution in [0.3, 0.4) is 0 Å². The molecule has 15 heavy (non-hydrogen) atoms. The molecule has 0 aromatic rings. The quantitative estimate of drug-likeness (QED) is 0.356. The fraction of sp³-hybridized carbons (Fsp3) is 0.875. The highest BCUT2D eigenvalue weighted by Gasteiger charge is 2.22. The van der Waals surface area contributed by atoms with Crippen molar-refractivity contribution in [1.82, 2.24) is 4.90 Å². The highest BCUT2D eigenvalue weighted by atomic mass is 127. The smallest absolute Gasteiger partial charge is 0.410 e. The number of ether oxygens (including phenoxy) is 1. The molecule has 0 radical (unpaired) electrons. The van der Waals surface area contributed by atoms with Crippen LogP contribution < -0.4 is 0 Å². The van der Waals surface area contributed by atoms with Crippen LogP contribution in [0, 0.1) is 0 Å². The molecule has 0 aromatic carbocycles. The minimum Gasteiger partial charge on any atom is -0.448 e. The van der Waals surface area contributed by atoms with E-state index in [1.165, 1.54) is 0 Å². The molecule has 0 rings (SSSR count). The van der Waals surface area contributed by atoms with Crippen LogP contribution in [0.15, 0.2) is 0 Å². The first kappa shape index (κ1) is 15.1. The van der Waals surface area contributed by atoms with Gasteiger partial charge < -0.3 is 9.29 Å². The van der Waals surface area contributed by atoms with Crippen LogP contribution in [0.25, 0.3) is 0 Å². The average molecular weight is 349 g/mol. The molecule has 0 spiro atoms. The van der Waals surface area contributed by atoms with Gasteiger partial charge in [-0.25, -0.2) is 9.00 Å². The van der Waals surface area contributed by atoms with Crippen molar-refractivity contribution in [3.63, 3.8) is 0 Å². The summed E-state index contributed by atoms with van der Waals surface area (Å²) in [6.45, 7) is 5.63. The molecule has 7 heteroatoms. The minimum atomic E-state index is -1.91. The van der Waals surface area contributed by atoms with Gasteiger partial charge in [-0.3, -0.25) is 4.90 Å². The van der Waals surface area contributed by atoms with Gasteiger partial charge in [-0.1, -0.05) is 22.6 Å². The maximum Gasteiger partial charge on any atom is 0.410 e. The van der Waals surface area contributed by atoms with E-state index in [1.807, 2.05) is 20.8 Å². The normalized spacial score (nSPS) is 14.8. The van der Waals surface area contributed by atoms with E-state index in [0.717, 1.165) is 0 Å². The summed E-state index contributed by atoms with van der Waals surface area (Å²) in [7, 11) is 0. The molecular weight excluding hydrogens is 333 g/mol. The summed E-state index contributed by atoms with van der Waals surface area (Å²) in [5.41, 5.74) is 0. The molecule has 0 bridgehead atoms. The first-order chi connectivity index (χ1) is 6.86. The van der Waals surface area contributed by atoms with E-state index in [-0.39, 0.29) is 22.5 Å². The van der Waals surface area contributed by atoms with Crippen molar-refractivity contribution in [2.75, 3.05) is 12.4 Å². The molecule has 0 heterocycles. The van der Waals surface area contributed by atoms with Gasteiger partial charge in [-0.05, 0) is 20.8 Å². The van der Waals surface area contributed by atoms with E-state index < -0.39 is 17.2 Å². The summed E-state index contributed by atoms with van der Waals surface area (Å²) < 4.78 is 23.7. The summed E-state index contributed by atoms with van der Waals surface area (Å²) in [6.07, 6.45) is -0.447. The van der Waals surface area contributed by atoms with E-state index in [0.29, 0.717) is 0 Å². The van der Waals surface area contributed by atoms with Crippen LogP contribution in [0.1, 0.15) is 20.8 Å². The van der Waals surface area contributed by atoms with Gasteiger partial charge in [0.15, 0.2) is 11.1 Å². The number of halogens is 1. The number of hydrogen-bond acceptors (Lipinski definition) is 3. The van der Waals surface area contributed by atoms with Crippen molar-refractivity contribution in [3.05, 3.63) is 0 Å². The third kappa shape index (κ3) is 6.31. The van der Waals surface area contributed by atoms with E-state index in [9.17, 15) is 9.00 Å². The molecule has 0 saturated heterocycles. The van der Waals surface area contributed by atoms with Crippen LogP contribution in [-0.2, 0) is 15.8 Å². The van der Waals surface area contributed by atoms with Crippen LogP contribution in [-0.4, -0.2) is 42.2 Å². The fourth-order valence-electron chi connectivity index (χ4n) is 1.04. The Morgan fingerprint density at radius 1 is 1.53 bits per heavy atom. The molecule has 0 aliphatic carbocycles. The van der Waals surface area contributed by atoms with Gasteiger partial charge >= 0.3 is 6.09 Å². The molecule has 0 aliphatic rings.